The molecule has 1 unspecified atom stereocenters. The molecule has 3 N–H and O–H groups in total. The Labute approximate surface area is 242 Å². The molecule has 0 aliphatic carbocycles. The van der Waals surface area contributed by atoms with E-state index < -0.39 is 35.0 Å². The molecular formula is C29H25Cl2F6N3O. The number of hydrogen-bond acceptors (Lipinski definition) is 2. The van der Waals surface area contributed by atoms with Crippen molar-refractivity contribution in [3.63, 3.8) is 0 Å². The fourth-order valence-corrected chi connectivity index (χ4v) is 4.83. The van der Waals surface area contributed by atoms with E-state index in [4.69, 9.17) is 23.2 Å². The predicted molar refractivity (Wildman–Crippen MR) is 147 cm³/mol. The Balaban J connectivity index is 1.43. The van der Waals surface area contributed by atoms with Gasteiger partial charge >= 0.3 is 12.4 Å². The van der Waals surface area contributed by atoms with E-state index in [-0.39, 0.29) is 23.6 Å². The second-order valence-corrected chi connectivity index (χ2v) is 10.3. The van der Waals surface area contributed by atoms with Crippen LogP contribution in [0.2, 0.25) is 10.0 Å². The van der Waals surface area contributed by atoms with Crippen molar-refractivity contribution in [2.24, 2.45) is 0 Å². The molecular weight excluding hydrogens is 591 g/mol. The number of amides is 1. The quantitative estimate of drug-likeness (QED) is 0.124. The molecule has 0 bridgehead atoms. The molecule has 41 heavy (non-hydrogen) atoms. The third kappa shape index (κ3) is 7.96. The van der Waals surface area contributed by atoms with Gasteiger partial charge < -0.3 is 15.6 Å². The highest BCUT2D eigenvalue weighted by Crippen LogP contribution is 2.36. The van der Waals surface area contributed by atoms with Gasteiger partial charge in [0.15, 0.2) is 0 Å². The third-order valence-corrected chi connectivity index (χ3v) is 7.43. The van der Waals surface area contributed by atoms with Gasteiger partial charge in [-0.25, -0.2) is 0 Å². The van der Waals surface area contributed by atoms with Crippen LogP contribution in [0.5, 0.6) is 0 Å². The molecule has 4 rings (SSSR count). The SMILES string of the molecule is O=C(NCC(CCNCCc1c[nH]c2ccccc12)c1ccc(Cl)c(Cl)c1)c1cc(C(F)(F)F)cc(C(F)(F)F)c1. The lowest BCUT2D eigenvalue weighted by molar-refractivity contribution is -0.143. The van der Waals surface area contributed by atoms with Gasteiger partial charge in [-0.05, 0) is 73.5 Å². The van der Waals surface area contributed by atoms with Crippen LogP contribution >= 0.6 is 23.2 Å². The summed E-state index contributed by atoms with van der Waals surface area (Å²) in [5.74, 6) is -1.42. The number of carbonyl (C=O) groups excluding carboxylic acids is 1. The molecule has 3 aromatic carbocycles. The molecule has 4 aromatic rings. The molecule has 0 aliphatic rings. The Morgan fingerprint density at radius 1 is 0.854 bits per heavy atom. The monoisotopic (exact) mass is 615 g/mol. The lowest BCUT2D eigenvalue weighted by Gasteiger charge is -2.20. The minimum atomic E-state index is -5.06. The largest absolute Gasteiger partial charge is 0.416 e. The average molecular weight is 616 g/mol. The maximum absolute atomic E-state index is 13.2. The maximum atomic E-state index is 13.2. The first kappa shape index (κ1) is 30.7. The predicted octanol–water partition coefficient (Wildman–Crippen LogP) is 8.25. The molecule has 0 fully saturated rings. The second kappa shape index (κ2) is 12.8. The van der Waals surface area contributed by atoms with Crippen molar-refractivity contribution in [1.29, 1.82) is 0 Å². The number of alkyl halides is 6. The van der Waals surface area contributed by atoms with E-state index in [1.807, 2.05) is 30.5 Å². The highest BCUT2D eigenvalue weighted by molar-refractivity contribution is 6.42. The van der Waals surface area contributed by atoms with E-state index in [1.54, 1.807) is 18.2 Å². The zero-order chi connectivity index (χ0) is 29.8. The molecule has 0 saturated heterocycles. The zero-order valence-electron chi connectivity index (χ0n) is 21.4. The Kier molecular flexibility index (Phi) is 9.56. The number of rotatable bonds is 10. The van der Waals surface area contributed by atoms with Crippen molar-refractivity contribution < 1.29 is 31.1 Å². The van der Waals surface area contributed by atoms with E-state index in [9.17, 15) is 31.1 Å². The molecule has 0 aliphatic heterocycles. The number of benzene rings is 3. The first-order valence-electron chi connectivity index (χ1n) is 12.6. The number of para-hydroxylation sites is 1. The van der Waals surface area contributed by atoms with Crippen LogP contribution in [0.1, 0.15) is 45.0 Å². The molecule has 12 heteroatoms. The third-order valence-electron chi connectivity index (χ3n) is 6.69. The molecule has 1 heterocycles. The summed E-state index contributed by atoms with van der Waals surface area (Å²) in [5, 5.41) is 7.57. The summed E-state index contributed by atoms with van der Waals surface area (Å²) < 4.78 is 79.5. The molecule has 0 radical (unpaired) electrons. The summed E-state index contributed by atoms with van der Waals surface area (Å²) >= 11 is 12.2. The Morgan fingerprint density at radius 2 is 1.54 bits per heavy atom. The molecule has 1 amide bonds. The Bertz CT molecular complexity index is 1480. The summed E-state index contributed by atoms with van der Waals surface area (Å²) in [4.78, 5) is 16.0. The fraction of sp³-hybridized carbons (Fsp3) is 0.276. The van der Waals surface area contributed by atoms with Gasteiger partial charge in [0, 0.05) is 35.1 Å². The van der Waals surface area contributed by atoms with Gasteiger partial charge in [-0.1, -0.05) is 47.5 Å². The minimum absolute atomic E-state index is 0.0166. The Morgan fingerprint density at radius 3 is 2.20 bits per heavy atom. The van der Waals surface area contributed by atoms with Crippen molar-refractivity contribution in [3.8, 4) is 0 Å². The van der Waals surface area contributed by atoms with Gasteiger partial charge in [-0.2, -0.15) is 26.3 Å². The van der Waals surface area contributed by atoms with E-state index in [1.165, 1.54) is 0 Å². The zero-order valence-corrected chi connectivity index (χ0v) is 22.9. The second-order valence-electron chi connectivity index (χ2n) is 9.52. The smallest absolute Gasteiger partial charge is 0.361 e. The van der Waals surface area contributed by atoms with Crippen LogP contribution in [-0.2, 0) is 18.8 Å². The first-order chi connectivity index (χ1) is 19.3. The first-order valence-corrected chi connectivity index (χ1v) is 13.4. The number of nitrogens with one attached hydrogen (secondary N) is 3. The standard InChI is InChI=1S/C29H25Cl2F6N3O/c30-24-6-5-17(13-25(24)31)18(7-9-38-10-8-19-16-39-26-4-2-1-3-23(19)26)15-40-27(41)20-11-21(28(32,33)34)14-22(12-20)29(35,36)37/h1-6,11-14,16,18,38-39H,7-10,15H2,(H,40,41). The maximum Gasteiger partial charge on any atom is 0.416 e. The van der Waals surface area contributed by atoms with Crippen LogP contribution in [0.3, 0.4) is 0 Å². The van der Waals surface area contributed by atoms with Crippen molar-refractivity contribution in [3.05, 3.63) is 105 Å². The summed E-state index contributed by atoms with van der Waals surface area (Å²) in [6.07, 6.45) is -6.91. The van der Waals surface area contributed by atoms with E-state index >= 15 is 0 Å². The number of H-pyrrole nitrogens is 1. The normalized spacial score (nSPS) is 13.0. The van der Waals surface area contributed by atoms with Gasteiger partial charge in [-0.3, -0.25) is 4.79 Å². The molecule has 0 saturated carbocycles. The van der Waals surface area contributed by atoms with Crippen LogP contribution in [-0.4, -0.2) is 30.5 Å². The highest BCUT2D eigenvalue weighted by atomic mass is 35.5. The van der Waals surface area contributed by atoms with Gasteiger partial charge in [0.05, 0.1) is 21.2 Å². The summed E-state index contributed by atoms with van der Waals surface area (Å²) in [7, 11) is 0. The van der Waals surface area contributed by atoms with Crippen LogP contribution in [0, 0.1) is 0 Å². The number of aromatic nitrogens is 1. The minimum Gasteiger partial charge on any atom is -0.361 e. The molecule has 4 nitrogen and oxygen atoms in total. The molecule has 1 atom stereocenters. The summed E-state index contributed by atoms with van der Waals surface area (Å²) in [6.45, 7) is 1.12. The molecule has 218 valence electrons. The molecule has 0 spiro atoms. The highest BCUT2D eigenvalue weighted by Gasteiger charge is 2.37. The van der Waals surface area contributed by atoms with Crippen LogP contribution < -0.4 is 10.6 Å². The summed E-state index contributed by atoms with van der Waals surface area (Å²) in [5.41, 5.74) is -0.951. The van der Waals surface area contributed by atoms with Gasteiger partial charge in [0.1, 0.15) is 0 Å². The van der Waals surface area contributed by atoms with Gasteiger partial charge in [0.2, 0.25) is 0 Å². The average Bonchev–Trinajstić information content (AvgIpc) is 3.33. The van der Waals surface area contributed by atoms with Crippen molar-refractivity contribution in [2.45, 2.75) is 31.1 Å². The fourth-order valence-electron chi connectivity index (χ4n) is 4.52. The van der Waals surface area contributed by atoms with Crippen molar-refractivity contribution >= 4 is 40.0 Å². The van der Waals surface area contributed by atoms with Crippen molar-refractivity contribution in [2.75, 3.05) is 19.6 Å². The van der Waals surface area contributed by atoms with E-state index in [2.05, 4.69) is 15.6 Å². The number of fused-ring (bicyclic) bond motifs is 1. The number of carbonyl (C=O) groups is 1. The van der Waals surface area contributed by atoms with Crippen molar-refractivity contribution in [1.82, 2.24) is 15.6 Å². The van der Waals surface area contributed by atoms with Crippen LogP contribution in [0.4, 0.5) is 26.3 Å². The van der Waals surface area contributed by atoms with E-state index in [0.29, 0.717) is 42.2 Å². The lowest BCUT2D eigenvalue weighted by atomic mass is 9.95. The van der Waals surface area contributed by atoms with Crippen LogP contribution in [0.25, 0.3) is 10.9 Å². The summed E-state index contributed by atoms with van der Waals surface area (Å²) in [6, 6.07) is 13.7. The lowest BCUT2D eigenvalue weighted by Crippen LogP contribution is -2.31. The number of hydrogen-bond donors (Lipinski definition) is 3. The van der Waals surface area contributed by atoms with Gasteiger partial charge in [-0.15, -0.1) is 0 Å². The number of aromatic amines is 1. The van der Waals surface area contributed by atoms with E-state index in [0.717, 1.165) is 22.9 Å². The van der Waals surface area contributed by atoms with Gasteiger partial charge in [0.25, 0.3) is 5.91 Å². The molecule has 1 aromatic heterocycles. The van der Waals surface area contributed by atoms with Crippen LogP contribution in [0.15, 0.2) is 66.9 Å². The Hall–Kier alpha value is -3.21. The topological polar surface area (TPSA) is 56.9 Å². The number of halogens is 8.